The van der Waals surface area contributed by atoms with Crippen LogP contribution in [0.3, 0.4) is 0 Å². The van der Waals surface area contributed by atoms with Crippen LogP contribution in [0.25, 0.3) is 0 Å². The first-order valence-electron chi connectivity index (χ1n) is 22.9. The van der Waals surface area contributed by atoms with Gasteiger partial charge in [-0.05, 0) is 64.2 Å². The van der Waals surface area contributed by atoms with Gasteiger partial charge >= 0.3 is 11.9 Å². The van der Waals surface area contributed by atoms with Gasteiger partial charge in [0.2, 0.25) is 0 Å². The first-order chi connectivity index (χ1) is 28.0. The SMILES string of the molecule is CCCCCCCCC=CCCCCCCCC(=O)OCC(CO[C@H]1O[C@H](CS(=O)(=O)O)[C@@H](O)[C@H](O)[C@H]1O)OC(=O)CCCCCCCC=CCCCCCCCC. The molecule has 1 rings (SSSR count). The van der Waals surface area contributed by atoms with Crippen molar-refractivity contribution in [3.05, 3.63) is 24.3 Å². The van der Waals surface area contributed by atoms with E-state index in [2.05, 4.69) is 38.2 Å². The lowest BCUT2D eigenvalue weighted by Gasteiger charge is -2.40. The molecular weight excluding hydrogens is 765 g/mol. The molecule has 12 nitrogen and oxygen atoms in total. The molecule has 1 fully saturated rings. The van der Waals surface area contributed by atoms with Crippen molar-refractivity contribution in [2.75, 3.05) is 19.0 Å². The molecule has 58 heavy (non-hydrogen) atoms. The first-order valence-corrected chi connectivity index (χ1v) is 24.5. The van der Waals surface area contributed by atoms with Gasteiger partial charge < -0.3 is 34.3 Å². The number of aliphatic hydroxyl groups is 3. The van der Waals surface area contributed by atoms with Crippen LogP contribution in [0, 0.1) is 0 Å². The molecule has 0 saturated carbocycles. The Morgan fingerprint density at radius 2 is 0.983 bits per heavy atom. The quantitative estimate of drug-likeness (QED) is 0.0200. The fourth-order valence-corrected chi connectivity index (χ4v) is 7.59. The third-order valence-corrected chi connectivity index (χ3v) is 11.3. The number of aliphatic hydroxyl groups excluding tert-OH is 3. The third-order valence-electron chi connectivity index (χ3n) is 10.5. The summed E-state index contributed by atoms with van der Waals surface area (Å²) < 4.78 is 54.0. The Bertz CT molecular complexity index is 1180. The zero-order chi connectivity index (χ0) is 42.7. The van der Waals surface area contributed by atoms with Crippen molar-refractivity contribution >= 4 is 22.1 Å². The minimum Gasteiger partial charge on any atom is -0.462 e. The van der Waals surface area contributed by atoms with Crippen molar-refractivity contribution in [3.8, 4) is 0 Å². The van der Waals surface area contributed by atoms with Crippen molar-refractivity contribution in [1.29, 1.82) is 0 Å². The van der Waals surface area contributed by atoms with E-state index >= 15 is 0 Å². The van der Waals surface area contributed by atoms with E-state index in [0.717, 1.165) is 77.0 Å². The molecule has 0 aromatic carbocycles. The Morgan fingerprint density at radius 3 is 1.43 bits per heavy atom. The molecule has 1 unspecified atom stereocenters. The number of hydrogen-bond acceptors (Lipinski definition) is 11. The number of ether oxygens (including phenoxy) is 4. The van der Waals surface area contributed by atoms with Crippen molar-refractivity contribution in [2.45, 2.75) is 230 Å². The maximum Gasteiger partial charge on any atom is 0.306 e. The minimum absolute atomic E-state index is 0.154. The van der Waals surface area contributed by atoms with Crippen LogP contribution in [-0.2, 0) is 38.7 Å². The lowest BCUT2D eigenvalue weighted by Crippen LogP contribution is -2.60. The molecule has 4 N–H and O–H groups in total. The van der Waals surface area contributed by atoms with Crippen molar-refractivity contribution in [3.63, 3.8) is 0 Å². The average molecular weight is 847 g/mol. The summed E-state index contributed by atoms with van der Waals surface area (Å²) in [4.78, 5) is 25.4. The van der Waals surface area contributed by atoms with Crippen LogP contribution in [0.2, 0.25) is 0 Å². The zero-order valence-corrected chi connectivity index (χ0v) is 37.0. The van der Waals surface area contributed by atoms with Crippen LogP contribution in [0.1, 0.15) is 194 Å². The Labute approximate surface area is 351 Å². The number of carbonyl (C=O) groups excluding carboxylic acids is 2. The van der Waals surface area contributed by atoms with Gasteiger partial charge in [-0.3, -0.25) is 14.1 Å². The van der Waals surface area contributed by atoms with Crippen molar-refractivity contribution in [2.24, 2.45) is 0 Å². The highest BCUT2D eigenvalue weighted by Gasteiger charge is 2.46. The summed E-state index contributed by atoms with van der Waals surface area (Å²) in [5.41, 5.74) is 0. The standard InChI is InChI=1S/C45H82O12S/c1-3-5-7-9-11-13-15-17-19-21-23-25-27-29-31-33-40(46)54-35-38(36-55-45-44(50)43(49)42(48)39(57-45)37-58(51,52)53)56-41(47)34-32-30-28-26-24-22-20-18-16-14-12-10-8-6-4-2/h17-20,38-39,42-45,48-50H,3-16,21-37H2,1-2H3,(H,51,52,53)/t38?,39-,42-,43+,44-,45+/m1/s1. The van der Waals surface area contributed by atoms with Gasteiger partial charge in [-0.1, -0.05) is 141 Å². The summed E-state index contributed by atoms with van der Waals surface area (Å²) in [6, 6.07) is 0. The largest absolute Gasteiger partial charge is 0.462 e. The summed E-state index contributed by atoms with van der Waals surface area (Å²) in [6.07, 6.45) is 29.3. The second kappa shape index (κ2) is 35.8. The lowest BCUT2D eigenvalue weighted by atomic mass is 10.00. The molecular formula is C45H82O12S. The molecule has 0 aromatic rings. The molecule has 13 heteroatoms. The fraction of sp³-hybridized carbons (Fsp3) is 0.867. The number of carbonyl (C=O) groups is 2. The van der Waals surface area contributed by atoms with Crippen LogP contribution in [-0.4, -0.2) is 96.0 Å². The topological polar surface area (TPSA) is 186 Å². The first kappa shape index (κ1) is 54.1. The number of allylic oxidation sites excluding steroid dienone is 4. The van der Waals surface area contributed by atoms with Gasteiger partial charge in [-0.2, -0.15) is 8.42 Å². The highest BCUT2D eigenvalue weighted by molar-refractivity contribution is 7.85. The number of unbranched alkanes of at least 4 members (excludes halogenated alkanes) is 22. The van der Waals surface area contributed by atoms with Crippen molar-refractivity contribution < 1.29 is 56.8 Å². The van der Waals surface area contributed by atoms with E-state index in [4.69, 9.17) is 18.9 Å². The number of hydrogen-bond donors (Lipinski definition) is 4. The molecule has 1 heterocycles. The summed E-state index contributed by atoms with van der Waals surface area (Å²) in [5.74, 6) is -2.00. The Balaban J connectivity index is 2.46. The molecule has 0 radical (unpaired) electrons. The van der Waals surface area contributed by atoms with E-state index in [1.165, 1.54) is 77.0 Å². The fourth-order valence-electron chi connectivity index (χ4n) is 6.90. The molecule has 0 spiro atoms. The molecule has 0 aromatic heterocycles. The Morgan fingerprint density at radius 1 is 0.569 bits per heavy atom. The van der Waals surface area contributed by atoms with Gasteiger partial charge in [0.1, 0.15) is 36.8 Å². The van der Waals surface area contributed by atoms with E-state index in [1.807, 2.05) is 0 Å². The van der Waals surface area contributed by atoms with Crippen LogP contribution in [0.5, 0.6) is 0 Å². The van der Waals surface area contributed by atoms with Gasteiger partial charge in [-0.15, -0.1) is 0 Å². The third kappa shape index (κ3) is 30.2. The Kier molecular flexibility index (Phi) is 33.5. The smallest absolute Gasteiger partial charge is 0.306 e. The summed E-state index contributed by atoms with van der Waals surface area (Å²) in [5, 5.41) is 30.9. The minimum atomic E-state index is -4.60. The van der Waals surface area contributed by atoms with E-state index in [9.17, 15) is 37.9 Å². The van der Waals surface area contributed by atoms with Crippen molar-refractivity contribution in [1.82, 2.24) is 0 Å². The summed E-state index contributed by atoms with van der Waals surface area (Å²) in [6.45, 7) is 3.74. The second-order valence-corrected chi connectivity index (χ2v) is 17.6. The van der Waals surface area contributed by atoms with E-state index in [-0.39, 0.29) is 19.4 Å². The van der Waals surface area contributed by atoms with Gasteiger partial charge in [-0.25, -0.2) is 0 Å². The zero-order valence-electron chi connectivity index (χ0n) is 36.2. The van der Waals surface area contributed by atoms with Gasteiger partial charge in [0.15, 0.2) is 12.4 Å². The molecule has 1 saturated heterocycles. The van der Waals surface area contributed by atoms with E-state index in [1.54, 1.807) is 0 Å². The van der Waals surface area contributed by atoms with Gasteiger partial charge in [0.25, 0.3) is 10.1 Å². The van der Waals surface area contributed by atoms with E-state index in [0.29, 0.717) is 12.8 Å². The van der Waals surface area contributed by atoms with Gasteiger partial charge in [0, 0.05) is 12.8 Å². The average Bonchev–Trinajstić information content (AvgIpc) is 3.18. The highest BCUT2D eigenvalue weighted by Crippen LogP contribution is 2.24. The van der Waals surface area contributed by atoms with E-state index < -0.39 is 71.2 Å². The number of esters is 2. The summed E-state index contributed by atoms with van der Waals surface area (Å²) in [7, 11) is -4.60. The van der Waals surface area contributed by atoms with Gasteiger partial charge in [0.05, 0.1) is 6.61 Å². The van der Waals surface area contributed by atoms with Crippen LogP contribution >= 0.6 is 0 Å². The Hall–Kier alpha value is -1.87. The normalized spacial score (nSPS) is 20.6. The molecule has 0 bridgehead atoms. The second-order valence-electron chi connectivity index (χ2n) is 16.1. The predicted octanol–water partition coefficient (Wildman–Crippen LogP) is 9.23. The van der Waals surface area contributed by atoms with Crippen LogP contribution in [0.15, 0.2) is 24.3 Å². The lowest BCUT2D eigenvalue weighted by molar-refractivity contribution is -0.297. The number of rotatable bonds is 38. The molecule has 1 aliphatic heterocycles. The predicted molar refractivity (Wildman–Crippen MR) is 229 cm³/mol. The molecule has 0 amide bonds. The summed E-state index contributed by atoms with van der Waals surface area (Å²) >= 11 is 0. The molecule has 6 atom stereocenters. The maximum absolute atomic E-state index is 12.8. The molecule has 0 aliphatic carbocycles. The monoisotopic (exact) mass is 847 g/mol. The molecule has 340 valence electrons. The highest BCUT2D eigenvalue weighted by atomic mass is 32.2. The van der Waals surface area contributed by atoms with Crippen LogP contribution in [0.4, 0.5) is 0 Å². The molecule has 1 aliphatic rings. The maximum atomic E-state index is 12.8. The van der Waals surface area contributed by atoms with Crippen LogP contribution < -0.4 is 0 Å².